The van der Waals surface area contributed by atoms with Crippen molar-refractivity contribution in [3.8, 4) is 34.8 Å². The lowest BCUT2D eigenvalue weighted by Gasteiger charge is -2.07. The molecular formula is C23H14N4O5. The number of furan rings is 3. The average molecular weight is 426 g/mol. The summed E-state index contributed by atoms with van der Waals surface area (Å²) in [5.41, 5.74) is 1.18. The Hall–Kier alpha value is -4.84. The van der Waals surface area contributed by atoms with Crippen LogP contribution < -0.4 is 10.1 Å². The predicted octanol–water partition coefficient (Wildman–Crippen LogP) is 4.63. The summed E-state index contributed by atoms with van der Waals surface area (Å²) in [6.07, 6.45) is 4.32. The van der Waals surface area contributed by atoms with E-state index in [1.54, 1.807) is 30.3 Å². The van der Waals surface area contributed by atoms with Gasteiger partial charge in [-0.05, 0) is 36.4 Å². The Kier molecular flexibility index (Phi) is 4.86. The van der Waals surface area contributed by atoms with Crippen LogP contribution in [0.5, 0.6) is 5.88 Å². The highest BCUT2D eigenvalue weighted by Crippen LogP contribution is 2.41. The van der Waals surface area contributed by atoms with Crippen molar-refractivity contribution in [3.63, 3.8) is 0 Å². The summed E-state index contributed by atoms with van der Waals surface area (Å²) in [4.78, 5) is 20.8. The molecule has 0 aliphatic heterocycles. The number of carbonyl (C=O) groups is 1. The molecule has 0 aliphatic rings. The van der Waals surface area contributed by atoms with Gasteiger partial charge in [-0.2, -0.15) is 5.26 Å². The number of nitrogens with zero attached hydrogens (tertiary/aromatic N) is 3. The quantitative estimate of drug-likeness (QED) is 0.416. The van der Waals surface area contributed by atoms with Crippen LogP contribution in [0.1, 0.15) is 5.56 Å². The van der Waals surface area contributed by atoms with Crippen molar-refractivity contribution in [1.82, 2.24) is 9.97 Å². The molecule has 9 heteroatoms. The second-order valence-corrected chi connectivity index (χ2v) is 6.61. The minimum Gasteiger partial charge on any atom is -0.467 e. The van der Waals surface area contributed by atoms with Gasteiger partial charge < -0.3 is 18.0 Å². The number of nitrogens with one attached hydrogen (secondary N) is 1. The zero-order valence-corrected chi connectivity index (χ0v) is 16.4. The lowest BCUT2D eigenvalue weighted by atomic mass is 10.1. The van der Waals surface area contributed by atoms with Crippen molar-refractivity contribution < 1.29 is 22.8 Å². The molecule has 0 unspecified atom stereocenters. The van der Waals surface area contributed by atoms with Crippen molar-refractivity contribution in [1.29, 1.82) is 5.26 Å². The van der Waals surface area contributed by atoms with Crippen LogP contribution in [0, 0.1) is 11.3 Å². The molecule has 0 saturated carbocycles. The average Bonchev–Trinajstić information content (AvgIpc) is 3.58. The van der Waals surface area contributed by atoms with Crippen LogP contribution in [0.25, 0.3) is 33.7 Å². The number of amides is 1. The van der Waals surface area contributed by atoms with E-state index < -0.39 is 5.91 Å². The summed E-state index contributed by atoms with van der Waals surface area (Å²) in [6.45, 7) is -0.348. The molecule has 0 atom stereocenters. The second-order valence-electron chi connectivity index (χ2n) is 6.61. The van der Waals surface area contributed by atoms with Gasteiger partial charge in [-0.25, -0.2) is 9.97 Å². The molecule has 1 N–H and O–H groups in total. The molecule has 0 spiro atoms. The third-order valence-electron chi connectivity index (χ3n) is 4.63. The van der Waals surface area contributed by atoms with Crippen molar-refractivity contribution in [2.45, 2.75) is 0 Å². The smallest absolute Gasteiger partial charge is 0.264 e. The highest BCUT2D eigenvalue weighted by Gasteiger charge is 2.27. The maximum absolute atomic E-state index is 12.6. The summed E-state index contributed by atoms with van der Waals surface area (Å²) in [5, 5.41) is 13.0. The predicted molar refractivity (Wildman–Crippen MR) is 112 cm³/mol. The summed E-state index contributed by atoms with van der Waals surface area (Å²) in [6, 6.07) is 16.1. The minimum absolute atomic E-state index is 0.0357. The van der Waals surface area contributed by atoms with Crippen LogP contribution in [0.4, 0.5) is 5.88 Å². The monoisotopic (exact) mass is 426 g/mol. The van der Waals surface area contributed by atoms with Gasteiger partial charge in [0.25, 0.3) is 5.91 Å². The van der Waals surface area contributed by atoms with Gasteiger partial charge in [-0.3, -0.25) is 10.1 Å². The van der Waals surface area contributed by atoms with Gasteiger partial charge in [0.15, 0.2) is 18.1 Å². The molecule has 1 amide bonds. The highest BCUT2D eigenvalue weighted by atomic mass is 16.5. The standard InChI is InChI=1S/C23H14N4O5/c24-11-15-20(17-7-3-9-29-17)21(18-8-4-10-30-18)32-23(15)27-19(28)12-31-22-14-5-1-2-6-16(14)25-13-26-22/h1-10,13H,12H2,(H,27,28). The van der Waals surface area contributed by atoms with Crippen molar-refractivity contribution >= 4 is 22.7 Å². The number of anilines is 1. The summed E-state index contributed by atoms with van der Waals surface area (Å²) < 4.78 is 22.3. The summed E-state index contributed by atoms with van der Waals surface area (Å²) in [7, 11) is 0. The first-order valence-electron chi connectivity index (χ1n) is 9.51. The molecule has 0 aliphatic carbocycles. The lowest BCUT2D eigenvalue weighted by molar-refractivity contribution is -0.118. The van der Waals surface area contributed by atoms with E-state index in [9.17, 15) is 10.1 Å². The fraction of sp³-hybridized carbons (Fsp3) is 0.0435. The number of para-hydroxylation sites is 1. The second kappa shape index (κ2) is 8.12. The van der Waals surface area contributed by atoms with Crippen LogP contribution in [-0.2, 0) is 4.79 Å². The number of aromatic nitrogens is 2. The topological polar surface area (TPSA) is 127 Å². The van der Waals surface area contributed by atoms with Crippen LogP contribution in [0.2, 0.25) is 0 Å². The van der Waals surface area contributed by atoms with Crippen molar-refractivity contribution in [2.75, 3.05) is 11.9 Å². The van der Waals surface area contributed by atoms with Crippen LogP contribution in [0.15, 0.2) is 80.6 Å². The third-order valence-corrected chi connectivity index (χ3v) is 4.63. The first-order chi connectivity index (χ1) is 15.7. The highest BCUT2D eigenvalue weighted by molar-refractivity contribution is 5.95. The number of fused-ring (bicyclic) bond motifs is 1. The third kappa shape index (κ3) is 3.46. The van der Waals surface area contributed by atoms with Gasteiger partial charge >= 0.3 is 0 Å². The Morgan fingerprint density at radius 1 is 1.03 bits per heavy atom. The molecule has 4 heterocycles. The van der Waals surface area contributed by atoms with Crippen molar-refractivity contribution in [3.05, 3.63) is 72.9 Å². The molecule has 1 aromatic carbocycles. The van der Waals surface area contributed by atoms with Gasteiger partial charge in [0.2, 0.25) is 11.8 Å². The molecule has 0 saturated heterocycles. The van der Waals surface area contributed by atoms with E-state index in [1.807, 2.05) is 18.2 Å². The van der Waals surface area contributed by atoms with E-state index >= 15 is 0 Å². The Balaban J connectivity index is 1.42. The van der Waals surface area contributed by atoms with E-state index in [1.165, 1.54) is 18.9 Å². The van der Waals surface area contributed by atoms with Crippen LogP contribution in [0.3, 0.4) is 0 Å². The molecule has 5 rings (SSSR count). The van der Waals surface area contributed by atoms with E-state index in [0.717, 1.165) is 0 Å². The Morgan fingerprint density at radius 3 is 2.56 bits per heavy atom. The Bertz CT molecular complexity index is 1420. The van der Waals surface area contributed by atoms with Gasteiger partial charge in [0, 0.05) is 0 Å². The number of benzene rings is 1. The number of ether oxygens (including phenoxy) is 1. The maximum Gasteiger partial charge on any atom is 0.264 e. The largest absolute Gasteiger partial charge is 0.467 e. The normalized spacial score (nSPS) is 10.7. The fourth-order valence-corrected chi connectivity index (χ4v) is 3.25. The van der Waals surface area contributed by atoms with Gasteiger partial charge in [0.1, 0.15) is 23.7 Å². The number of carbonyl (C=O) groups excluding carboxylic acids is 1. The molecule has 156 valence electrons. The van der Waals surface area contributed by atoms with Gasteiger partial charge in [-0.1, -0.05) is 12.1 Å². The summed E-state index contributed by atoms with van der Waals surface area (Å²) in [5.74, 6) is 0.761. The van der Waals surface area contributed by atoms with Gasteiger partial charge in [0.05, 0.1) is 29.0 Å². The molecule has 9 nitrogen and oxygen atoms in total. The molecule has 32 heavy (non-hydrogen) atoms. The zero-order valence-electron chi connectivity index (χ0n) is 16.4. The van der Waals surface area contributed by atoms with Crippen LogP contribution >= 0.6 is 0 Å². The Morgan fingerprint density at radius 2 is 1.81 bits per heavy atom. The van der Waals surface area contributed by atoms with E-state index in [0.29, 0.717) is 28.0 Å². The molecule has 0 fully saturated rings. The first-order valence-corrected chi connectivity index (χ1v) is 9.51. The fourth-order valence-electron chi connectivity index (χ4n) is 3.25. The van der Waals surface area contributed by atoms with E-state index in [4.69, 9.17) is 18.0 Å². The van der Waals surface area contributed by atoms with Gasteiger partial charge in [-0.15, -0.1) is 0 Å². The molecule has 5 aromatic rings. The number of hydrogen-bond acceptors (Lipinski definition) is 8. The van der Waals surface area contributed by atoms with E-state index in [-0.39, 0.29) is 29.7 Å². The van der Waals surface area contributed by atoms with Crippen LogP contribution in [-0.4, -0.2) is 22.5 Å². The molecule has 4 aromatic heterocycles. The maximum atomic E-state index is 12.6. The SMILES string of the molecule is N#Cc1c(NC(=O)COc2ncnc3ccccc23)oc(-c2ccco2)c1-c1ccco1. The first kappa shape index (κ1) is 19.1. The number of hydrogen-bond donors (Lipinski definition) is 1. The number of rotatable bonds is 6. The number of nitriles is 1. The Labute approximate surface area is 180 Å². The lowest BCUT2D eigenvalue weighted by Crippen LogP contribution is -2.20. The minimum atomic E-state index is -0.532. The molecule has 0 bridgehead atoms. The summed E-state index contributed by atoms with van der Waals surface area (Å²) >= 11 is 0. The molecule has 0 radical (unpaired) electrons. The van der Waals surface area contributed by atoms with E-state index in [2.05, 4.69) is 21.4 Å². The molecular weight excluding hydrogens is 412 g/mol. The zero-order chi connectivity index (χ0) is 21.9. The van der Waals surface area contributed by atoms with Crippen molar-refractivity contribution in [2.24, 2.45) is 0 Å².